The van der Waals surface area contributed by atoms with Crippen LogP contribution in [0.1, 0.15) is 64.2 Å². The summed E-state index contributed by atoms with van der Waals surface area (Å²) in [5.74, 6) is 0. The molecule has 2 saturated carbocycles. The Morgan fingerprint density at radius 2 is 0.852 bits per heavy atom. The highest BCUT2D eigenvalue weighted by Gasteiger charge is 2.57. The summed E-state index contributed by atoms with van der Waals surface area (Å²) in [7, 11) is -7.90. The van der Waals surface area contributed by atoms with Crippen LogP contribution in [0.4, 0.5) is 0 Å². The van der Waals surface area contributed by atoms with Crippen molar-refractivity contribution in [3.05, 3.63) is 0 Å². The van der Waals surface area contributed by atoms with Crippen molar-refractivity contribution < 1.29 is 12.3 Å². The van der Waals surface area contributed by atoms with Crippen LogP contribution in [0.25, 0.3) is 0 Å². The van der Waals surface area contributed by atoms with Crippen LogP contribution < -0.4 is 0 Å². The van der Waals surface area contributed by atoms with E-state index in [9.17, 15) is 0 Å². The summed E-state index contributed by atoms with van der Waals surface area (Å²) in [6, 6.07) is 0. The lowest BCUT2D eigenvalue weighted by Gasteiger charge is -2.52. The zero-order valence-electron chi connectivity index (χ0n) is 19.5. The molecule has 0 heterocycles. The van der Waals surface area contributed by atoms with Gasteiger partial charge in [-0.05, 0) is 78.1 Å². The molecule has 0 aromatic heterocycles. The van der Waals surface area contributed by atoms with Crippen molar-refractivity contribution in [3.63, 3.8) is 0 Å². The second-order valence-corrected chi connectivity index (χ2v) is 28.1. The van der Waals surface area contributed by atoms with Crippen molar-refractivity contribution in [2.24, 2.45) is 0 Å². The molecule has 0 aromatic carbocycles. The summed E-state index contributed by atoms with van der Waals surface area (Å²) < 4.78 is 21.3. The summed E-state index contributed by atoms with van der Waals surface area (Å²) in [4.78, 5) is 0. The second-order valence-electron chi connectivity index (χ2n) is 11.3. The maximum atomic E-state index is 7.36. The van der Waals surface area contributed by atoms with Crippen LogP contribution in [-0.4, -0.2) is 33.8 Å². The Kier molecular flexibility index (Phi) is 8.24. The minimum Gasteiger partial charge on any atom is -0.437 e. The molecule has 7 heteroatoms. The van der Waals surface area contributed by atoms with E-state index < -0.39 is 33.8 Å². The topological polar surface area (TPSA) is 27.7 Å². The number of hydrogen-bond acceptors (Lipinski definition) is 3. The van der Waals surface area contributed by atoms with Crippen molar-refractivity contribution in [3.8, 4) is 0 Å². The lowest BCUT2D eigenvalue weighted by atomic mass is 9.99. The molecule has 0 aliphatic heterocycles. The highest BCUT2D eigenvalue weighted by Crippen LogP contribution is 2.51. The summed E-state index contributed by atoms with van der Waals surface area (Å²) in [5.41, 5.74) is 1.36. The van der Waals surface area contributed by atoms with Crippen molar-refractivity contribution >= 4 is 33.8 Å². The Bertz CT molecular complexity index is 441. The predicted molar refractivity (Wildman–Crippen MR) is 127 cm³/mol. The molecule has 0 unspecified atom stereocenters. The van der Waals surface area contributed by atoms with Gasteiger partial charge in [0.1, 0.15) is 0 Å². The summed E-state index contributed by atoms with van der Waals surface area (Å²) in [6.45, 7) is 18.6. The van der Waals surface area contributed by atoms with Crippen LogP contribution in [0.15, 0.2) is 0 Å². The minimum atomic E-state index is -2.34. The van der Waals surface area contributed by atoms with Crippen LogP contribution in [0.2, 0.25) is 63.5 Å². The molecule has 2 aliphatic carbocycles. The monoisotopic (exact) mass is 446 g/mol. The fraction of sp³-hybridized carbons (Fsp3) is 1.00. The second kappa shape index (κ2) is 9.27. The largest absolute Gasteiger partial charge is 0.437 e. The molecule has 0 saturated heterocycles. The molecule has 0 N–H and O–H groups in total. The minimum absolute atomic E-state index is 0.679. The van der Waals surface area contributed by atoms with E-state index in [4.69, 9.17) is 12.3 Å². The first-order valence-corrected chi connectivity index (χ1v) is 23.0. The first-order chi connectivity index (χ1) is 12.3. The maximum Gasteiger partial charge on any atom is 0.325 e. The number of rotatable bonds is 8. The third-order valence-electron chi connectivity index (χ3n) is 5.77. The SMILES string of the molecule is C[Si](C)(C)O[Si](C)(C)O[Si](O[Si](C)(C)C)(C1CCCCC1)C1CCCCC1. The van der Waals surface area contributed by atoms with Crippen molar-refractivity contribution in [1.29, 1.82) is 0 Å². The molecule has 2 aliphatic rings. The van der Waals surface area contributed by atoms with Gasteiger partial charge in [0.2, 0.25) is 0 Å². The van der Waals surface area contributed by atoms with E-state index in [2.05, 4.69) is 52.4 Å². The van der Waals surface area contributed by atoms with Gasteiger partial charge in [-0.25, -0.2) is 0 Å². The summed E-state index contributed by atoms with van der Waals surface area (Å²) in [6.07, 6.45) is 13.5. The summed E-state index contributed by atoms with van der Waals surface area (Å²) in [5, 5.41) is 0. The zero-order chi connectivity index (χ0) is 20.3. The first kappa shape index (κ1) is 24.0. The zero-order valence-corrected chi connectivity index (χ0v) is 23.5. The molecule has 2 rings (SSSR count). The highest BCUT2D eigenvalue weighted by atomic mass is 28.5. The van der Waals surface area contributed by atoms with Crippen LogP contribution >= 0.6 is 0 Å². The predicted octanol–water partition coefficient (Wildman–Crippen LogP) is 7.52. The van der Waals surface area contributed by atoms with Crippen molar-refractivity contribution in [2.75, 3.05) is 0 Å². The summed E-state index contributed by atoms with van der Waals surface area (Å²) >= 11 is 0. The van der Waals surface area contributed by atoms with Gasteiger partial charge in [0.05, 0.1) is 0 Å². The lowest BCUT2D eigenvalue weighted by molar-refractivity contribution is 0.258. The Labute approximate surface area is 173 Å². The fourth-order valence-electron chi connectivity index (χ4n) is 5.32. The van der Waals surface area contributed by atoms with E-state index in [0.29, 0.717) is 11.1 Å². The van der Waals surface area contributed by atoms with Crippen LogP contribution in [0, 0.1) is 0 Å². The van der Waals surface area contributed by atoms with Gasteiger partial charge in [-0.2, -0.15) is 0 Å². The molecule has 0 aromatic rings. The normalized spacial score (nSPS) is 22.2. The Hall–Kier alpha value is 0.748. The van der Waals surface area contributed by atoms with Gasteiger partial charge in [-0.1, -0.05) is 38.5 Å². The standard InChI is InChI=1S/C20H46O3Si4/c1-24(2,3)21-26(7,8)23-27(22-25(4,5)6,19-15-11-9-12-16-19)20-17-13-10-14-18-20/h19-20H,9-18H2,1-8H3. The van der Waals surface area contributed by atoms with E-state index in [1.165, 1.54) is 64.2 Å². The Balaban J connectivity index is 2.41. The van der Waals surface area contributed by atoms with Gasteiger partial charge in [0.25, 0.3) is 0 Å². The average molecular weight is 447 g/mol. The average Bonchev–Trinajstić information content (AvgIpc) is 2.52. The molecule has 0 bridgehead atoms. The molecule has 160 valence electrons. The lowest BCUT2D eigenvalue weighted by Crippen LogP contribution is -2.63. The van der Waals surface area contributed by atoms with Crippen LogP contribution in [0.5, 0.6) is 0 Å². The van der Waals surface area contributed by atoms with Gasteiger partial charge in [-0.3, -0.25) is 0 Å². The van der Waals surface area contributed by atoms with Crippen LogP contribution in [0.3, 0.4) is 0 Å². The fourth-order valence-corrected chi connectivity index (χ4v) is 25.0. The van der Waals surface area contributed by atoms with E-state index >= 15 is 0 Å². The van der Waals surface area contributed by atoms with E-state index in [0.717, 1.165) is 0 Å². The van der Waals surface area contributed by atoms with Gasteiger partial charge in [0, 0.05) is 11.1 Å². The molecule has 0 spiro atoms. The first-order valence-electron chi connectivity index (χ1n) is 11.4. The molecule has 3 nitrogen and oxygen atoms in total. The molecule has 0 atom stereocenters. The molecule has 0 amide bonds. The molecular weight excluding hydrogens is 401 g/mol. The van der Waals surface area contributed by atoms with Gasteiger partial charge < -0.3 is 12.3 Å². The third-order valence-corrected chi connectivity index (χ3v) is 20.6. The van der Waals surface area contributed by atoms with Gasteiger partial charge in [0.15, 0.2) is 16.6 Å². The van der Waals surface area contributed by atoms with Gasteiger partial charge in [-0.15, -0.1) is 0 Å². The van der Waals surface area contributed by atoms with E-state index in [1.807, 2.05) is 0 Å². The van der Waals surface area contributed by atoms with Gasteiger partial charge >= 0.3 is 17.1 Å². The van der Waals surface area contributed by atoms with Crippen molar-refractivity contribution in [2.45, 2.75) is 128 Å². The Morgan fingerprint density at radius 1 is 0.481 bits per heavy atom. The molecular formula is C20H46O3Si4. The van der Waals surface area contributed by atoms with E-state index in [-0.39, 0.29) is 0 Å². The smallest absolute Gasteiger partial charge is 0.325 e. The molecule has 2 fully saturated rings. The highest BCUT2D eigenvalue weighted by molar-refractivity contribution is 6.90. The molecule has 0 radical (unpaired) electrons. The molecule has 27 heavy (non-hydrogen) atoms. The van der Waals surface area contributed by atoms with E-state index in [1.54, 1.807) is 0 Å². The van der Waals surface area contributed by atoms with Crippen LogP contribution in [-0.2, 0) is 12.3 Å². The third kappa shape index (κ3) is 7.50. The number of hydrogen-bond donors (Lipinski definition) is 0. The van der Waals surface area contributed by atoms with Crippen molar-refractivity contribution in [1.82, 2.24) is 0 Å². The maximum absolute atomic E-state index is 7.36. The Morgan fingerprint density at radius 3 is 1.19 bits per heavy atom. The quantitative estimate of drug-likeness (QED) is 0.361.